The molecular formula is C20H29N3O2S. The Morgan fingerprint density at radius 3 is 2.50 bits per heavy atom. The fourth-order valence-corrected chi connectivity index (χ4v) is 5.63. The number of piperazine rings is 1. The molecule has 2 saturated heterocycles. The summed E-state index contributed by atoms with van der Waals surface area (Å²) >= 11 is 1.66. The lowest BCUT2D eigenvalue weighted by Crippen LogP contribution is -2.50. The van der Waals surface area contributed by atoms with E-state index in [0.717, 1.165) is 82.8 Å². The topological polar surface area (TPSA) is 43.9 Å². The van der Waals surface area contributed by atoms with Crippen molar-refractivity contribution in [1.29, 1.82) is 0 Å². The van der Waals surface area contributed by atoms with Gasteiger partial charge < -0.3 is 14.7 Å². The molecule has 1 aromatic rings. The van der Waals surface area contributed by atoms with Gasteiger partial charge in [-0.1, -0.05) is 6.92 Å². The Labute approximate surface area is 159 Å². The van der Waals surface area contributed by atoms with E-state index in [2.05, 4.69) is 22.8 Å². The van der Waals surface area contributed by atoms with Gasteiger partial charge in [-0.3, -0.25) is 9.59 Å². The van der Waals surface area contributed by atoms with Gasteiger partial charge >= 0.3 is 0 Å². The number of amides is 2. The molecule has 6 heteroatoms. The average Bonchev–Trinajstić information content (AvgIpc) is 3.36. The average molecular weight is 376 g/mol. The minimum Gasteiger partial charge on any atom is -0.340 e. The predicted molar refractivity (Wildman–Crippen MR) is 104 cm³/mol. The van der Waals surface area contributed by atoms with Crippen LogP contribution in [-0.2, 0) is 17.6 Å². The maximum absolute atomic E-state index is 12.9. The third-order valence-electron chi connectivity index (χ3n) is 6.17. The number of nitrogens with zero attached hydrogens (tertiary/aromatic N) is 3. The molecule has 1 aliphatic carbocycles. The van der Waals surface area contributed by atoms with Crippen LogP contribution in [0, 0.1) is 5.92 Å². The van der Waals surface area contributed by atoms with Gasteiger partial charge in [-0.05, 0) is 50.3 Å². The first kappa shape index (κ1) is 18.0. The molecular weight excluding hydrogens is 346 g/mol. The van der Waals surface area contributed by atoms with Gasteiger partial charge in [0.1, 0.15) is 0 Å². The zero-order valence-electron chi connectivity index (χ0n) is 15.7. The van der Waals surface area contributed by atoms with Crippen molar-refractivity contribution < 1.29 is 9.59 Å². The van der Waals surface area contributed by atoms with E-state index in [-0.39, 0.29) is 11.8 Å². The van der Waals surface area contributed by atoms with Crippen LogP contribution in [0.3, 0.4) is 0 Å². The van der Waals surface area contributed by atoms with Gasteiger partial charge in [0.2, 0.25) is 5.91 Å². The van der Waals surface area contributed by atoms with Crippen molar-refractivity contribution in [1.82, 2.24) is 14.7 Å². The third-order valence-corrected chi connectivity index (χ3v) is 7.39. The molecule has 3 aliphatic rings. The molecule has 3 heterocycles. The number of likely N-dealkylation sites (tertiary alicyclic amines) is 1. The Balaban J connectivity index is 1.40. The van der Waals surface area contributed by atoms with Crippen molar-refractivity contribution in [3.05, 3.63) is 21.4 Å². The van der Waals surface area contributed by atoms with Crippen molar-refractivity contribution in [2.75, 3.05) is 45.8 Å². The molecule has 0 aromatic carbocycles. The van der Waals surface area contributed by atoms with E-state index >= 15 is 0 Å². The van der Waals surface area contributed by atoms with Gasteiger partial charge in [0, 0.05) is 50.1 Å². The first-order valence-corrected chi connectivity index (χ1v) is 10.9. The molecule has 4 rings (SSSR count). The quantitative estimate of drug-likeness (QED) is 0.814. The maximum Gasteiger partial charge on any atom is 0.263 e. The molecule has 2 amide bonds. The summed E-state index contributed by atoms with van der Waals surface area (Å²) in [5, 5.41) is 0. The third kappa shape index (κ3) is 3.54. The number of likely N-dealkylation sites (N-methyl/N-ethyl adjacent to an activating group) is 1. The molecule has 26 heavy (non-hydrogen) atoms. The lowest BCUT2D eigenvalue weighted by molar-refractivity contribution is -0.137. The number of hydrogen-bond acceptors (Lipinski definition) is 4. The molecule has 1 aromatic heterocycles. The van der Waals surface area contributed by atoms with Crippen LogP contribution < -0.4 is 0 Å². The van der Waals surface area contributed by atoms with Crippen LogP contribution >= 0.6 is 11.3 Å². The number of carbonyl (C=O) groups is 2. The van der Waals surface area contributed by atoms with Crippen LogP contribution in [-0.4, -0.2) is 72.3 Å². The summed E-state index contributed by atoms with van der Waals surface area (Å²) < 4.78 is 0. The van der Waals surface area contributed by atoms with Gasteiger partial charge in [-0.25, -0.2) is 0 Å². The summed E-state index contributed by atoms with van der Waals surface area (Å²) in [4.78, 5) is 34.2. The largest absolute Gasteiger partial charge is 0.340 e. The van der Waals surface area contributed by atoms with E-state index < -0.39 is 0 Å². The van der Waals surface area contributed by atoms with Crippen LogP contribution in [0.15, 0.2) is 6.07 Å². The van der Waals surface area contributed by atoms with Crippen LogP contribution in [0.25, 0.3) is 0 Å². The second-order valence-electron chi connectivity index (χ2n) is 7.76. The maximum atomic E-state index is 12.9. The Kier molecular flexibility index (Phi) is 5.32. The van der Waals surface area contributed by atoms with Crippen molar-refractivity contribution >= 4 is 23.2 Å². The lowest BCUT2D eigenvalue weighted by atomic mass is 9.87. The second-order valence-corrected chi connectivity index (χ2v) is 8.89. The van der Waals surface area contributed by atoms with E-state index in [1.807, 2.05) is 4.90 Å². The highest BCUT2D eigenvalue weighted by molar-refractivity contribution is 7.14. The molecule has 0 radical (unpaired) electrons. The van der Waals surface area contributed by atoms with Gasteiger partial charge in [-0.15, -0.1) is 11.3 Å². The smallest absolute Gasteiger partial charge is 0.263 e. The normalized spacial score (nSPS) is 24.0. The van der Waals surface area contributed by atoms with Crippen LogP contribution in [0.2, 0.25) is 0 Å². The highest BCUT2D eigenvalue weighted by Crippen LogP contribution is 2.34. The highest BCUT2D eigenvalue weighted by atomic mass is 32.1. The fourth-order valence-electron chi connectivity index (χ4n) is 4.46. The first-order chi connectivity index (χ1) is 12.7. The molecule has 2 aliphatic heterocycles. The second kappa shape index (κ2) is 7.69. The van der Waals surface area contributed by atoms with Gasteiger partial charge in [-0.2, -0.15) is 0 Å². The molecule has 0 bridgehead atoms. The van der Waals surface area contributed by atoms with Crippen molar-refractivity contribution in [3.8, 4) is 0 Å². The summed E-state index contributed by atoms with van der Waals surface area (Å²) in [6, 6.07) is 2.08. The standard InChI is InChI=1S/C20H29N3O2S/c1-2-21-9-11-23(12-10-21)19(24)15-5-6-17-16(13-15)14-18(26-17)20(25)22-7-3-4-8-22/h14-15H,2-13H2,1H3/t15-/m1/s1. The number of fused-ring (bicyclic) bond motifs is 1. The Morgan fingerprint density at radius 2 is 1.81 bits per heavy atom. The number of carbonyl (C=O) groups excluding carboxylic acids is 2. The van der Waals surface area contributed by atoms with Gasteiger partial charge in [0.25, 0.3) is 5.91 Å². The van der Waals surface area contributed by atoms with Crippen LogP contribution in [0.4, 0.5) is 0 Å². The Bertz CT molecular complexity index is 673. The van der Waals surface area contributed by atoms with Crippen LogP contribution in [0.5, 0.6) is 0 Å². The zero-order valence-corrected chi connectivity index (χ0v) is 16.5. The van der Waals surface area contributed by atoms with Gasteiger partial charge in [0.15, 0.2) is 0 Å². The number of hydrogen-bond donors (Lipinski definition) is 0. The monoisotopic (exact) mass is 375 g/mol. The van der Waals surface area contributed by atoms with Gasteiger partial charge in [0.05, 0.1) is 4.88 Å². The molecule has 142 valence electrons. The number of aryl methyl sites for hydroxylation is 1. The fraction of sp³-hybridized carbons (Fsp3) is 0.700. The molecule has 0 unspecified atom stereocenters. The summed E-state index contributed by atoms with van der Waals surface area (Å²) in [5.74, 6) is 0.616. The molecule has 5 nitrogen and oxygen atoms in total. The van der Waals surface area contributed by atoms with E-state index in [4.69, 9.17) is 0 Å². The molecule has 0 spiro atoms. The summed E-state index contributed by atoms with van der Waals surface area (Å²) in [7, 11) is 0. The number of thiophene rings is 1. The van der Waals surface area contributed by atoms with Crippen molar-refractivity contribution in [2.45, 2.75) is 39.0 Å². The molecule has 1 atom stereocenters. The zero-order chi connectivity index (χ0) is 18.1. The molecule has 0 saturated carbocycles. The van der Waals surface area contributed by atoms with E-state index in [0.29, 0.717) is 5.91 Å². The minimum absolute atomic E-state index is 0.0972. The Morgan fingerprint density at radius 1 is 1.08 bits per heavy atom. The number of rotatable bonds is 3. The van der Waals surface area contributed by atoms with E-state index in [1.165, 1.54) is 10.4 Å². The molecule has 0 N–H and O–H groups in total. The Hall–Kier alpha value is -1.40. The summed E-state index contributed by atoms with van der Waals surface area (Å²) in [6.45, 7) is 8.74. The van der Waals surface area contributed by atoms with Crippen molar-refractivity contribution in [2.24, 2.45) is 5.92 Å². The van der Waals surface area contributed by atoms with E-state index in [1.54, 1.807) is 11.3 Å². The lowest BCUT2D eigenvalue weighted by Gasteiger charge is -2.36. The summed E-state index contributed by atoms with van der Waals surface area (Å²) in [6.07, 6.45) is 4.93. The highest BCUT2D eigenvalue weighted by Gasteiger charge is 2.32. The summed E-state index contributed by atoms with van der Waals surface area (Å²) in [5.41, 5.74) is 1.24. The van der Waals surface area contributed by atoms with Crippen LogP contribution in [0.1, 0.15) is 46.3 Å². The minimum atomic E-state index is 0.0972. The van der Waals surface area contributed by atoms with E-state index in [9.17, 15) is 9.59 Å². The van der Waals surface area contributed by atoms with Crippen molar-refractivity contribution in [3.63, 3.8) is 0 Å². The first-order valence-electron chi connectivity index (χ1n) is 10.1. The predicted octanol–water partition coefficient (Wildman–Crippen LogP) is 2.25. The molecule has 2 fully saturated rings. The SMILES string of the molecule is CCN1CCN(C(=O)[C@@H]2CCc3sc(C(=O)N4CCCC4)cc3C2)CC1.